The maximum absolute atomic E-state index is 10.9. The molecular formula is C14H11ClN6O2. The fourth-order valence-electron chi connectivity index (χ4n) is 1.95. The molecule has 23 heavy (non-hydrogen) atoms. The minimum Gasteiger partial charge on any atom is -0.378 e. The van der Waals surface area contributed by atoms with Gasteiger partial charge in [-0.15, -0.1) is 0 Å². The Balaban J connectivity index is 1.71. The molecule has 0 aliphatic rings. The van der Waals surface area contributed by atoms with E-state index in [9.17, 15) is 10.1 Å². The molecule has 3 aromatic rings. The third kappa shape index (κ3) is 3.43. The van der Waals surface area contributed by atoms with Gasteiger partial charge in [-0.05, 0) is 24.3 Å². The van der Waals surface area contributed by atoms with Crippen molar-refractivity contribution in [3.05, 3.63) is 63.7 Å². The number of aromatic amines is 1. The number of halogens is 1. The summed E-state index contributed by atoms with van der Waals surface area (Å²) in [4.78, 5) is 18.6. The van der Waals surface area contributed by atoms with Crippen molar-refractivity contribution in [2.75, 3.05) is 5.32 Å². The lowest BCUT2D eigenvalue weighted by atomic mass is 10.2. The molecule has 0 aliphatic carbocycles. The van der Waals surface area contributed by atoms with Crippen molar-refractivity contribution >= 4 is 23.0 Å². The number of hydrogen-bond donors (Lipinski definition) is 2. The Morgan fingerprint density at radius 2 is 2.04 bits per heavy atom. The average molecular weight is 331 g/mol. The minimum absolute atomic E-state index is 0.0974. The van der Waals surface area contributed by atoms with Gasteiger partial charge >= 0.3 is 0 Å². The van der Waals surface area contributed by atoms with Crippen molar-refractivity contribution in [3.63, 3.8) is 0 Å². The molecule has 0 saturated carbocycles. The molecule has 3 rings (SSSR count). The molecule has 0 radical (unpaired) electrons. The van der Waals surface area contributed by atoms with E-state index in [4.69, 9.17) is 11.6 Å². The van der Waals surface area contributed by atoms with E-state index in [2.05, 4.69) is 25.5 Å². The fourth-order valence-corrected chi connectivity index (χ4v) is 2.14. The maximum atomic E-state index is 10.9. The van der Waals surface area contributed by atoms with E-state index < -0.39 is 4.92 Å². The summed E-state index contributed by atoms with van der Waals surface area (Å²) in [5.74, 6) is 1.17. The smallest absolute Gasteiger partial charge is 0.289 e. The quantitative estimate of drug-likeness (QED) is 0.549. The first-order valence-corrected chi connectivity index (χ1v) is 7.01. The molecular weight excluding hydrogens is 320 g/mol. The SMILES string of the molecule is O=[N+]([O-])c1cc(NCc2nc(-c3ccncc3)n[nH]2)ccc1Cl. The van der Waals surface area contributed by atoms with Gasteiger partial charge in [-0.2, -0.15) is 5.10 Å². The molecule has 116 valence electrons. The number of nitro benzene ring substituents is 1. The van der Waals surface area contributed by atoms with Crippen LogP contribution in [-0.2, 0) is 6.54 Å². The van der Waals surface area contributed by atoms with Gasteiger partial charge in [0.05, 0.1) is 11.5 Å². The first-order valence-electron chi connectivity index (χ1n) is 6.63. The Labute approximate surface area is 135 Å². The Bertz CT molecular complexity index is 836. The number of rotatable bonds is 5. The number of hydrogen-bond acceptors (Lipinski definition) is 6. The predicted octanol–water partition coefficient (Wildman–Crippen LogP) is 3.04. The van der Waals surface area contributed by atoms with Crippen molar-refractivity contribution in [1.29, 1.82) is 0 Å². The van der Waals surface area contributed by atoms with Gasteiger partial charge in [0.15, 0.2) is 5.82 Å². The zero-order valence-electron chi connectivity index (χ0n) is 11.7. The van der Waals surface area contributed by atoms with Gasteiger partial charge in [0.2, 0.25) is 0 Å². The number of aromatic nitrogens is 4. The summed E-state index contributed by atoms with van der Waals surface area (Å²) in [6.45, 7) is 0.344. The Kier molecular flexibility index (Phi) is 4.15. The maximum Gasteiger partial charge on any atom is 0.289 e. The van der Waals surface area contributed by atoms with Crippen LogP contribution in [0.3, 0.4) is 0 Å². The summed E-state index contributed by atoms with van der Waals surface area (Å²) in [7, 11) is 0. The Hall–Kier alpha value is -3.00. The van der Waals surface area contributed by atoms with Crippen molar-refractivity contribution in [1.82, 2.24) is 20.2 Å². The minimum atomic E-state index is -0.524. The van der Waals surface area contributed by atoms with Crippen LogP contribution in [0, 0.1) is 10.1 Å². The van der Waals surface area contributed by atoms with Crippen LogP contribution < -0.4 is 5.32 Å². The largest absolute Gasteiger partial charge is 0.378 e. The topological polar surface area (TPSA) is 110 Å². The van der Waals surface area contributed by atoms with Crippen LogP contribution in [0.5, 0.6) is 0 Å². The second-order valence-electron chi connectivity index (χ2n) is 4.62. The number of H-pyrrole nitrogens is 1. The number of nitro groups is 1. The van der Waals surface area contributed by atoms with Crippen LogP contribution in [-0.4, -0.2) is 25.1 Å². The summed E-state index contributed by atoms with van der Waals surface area (Å²) >= 11 is 5.78. The lowest BCUT2D eigenvalue weighted by molar-refractivity contribution is -0.384. The van der Waals surface area contributed by atoms with Gasteiger partial charge < -0.3 is 5.32 Å². The second-order valence-corrected chi connectivity index (χ2v) is 5.03. The second kappa shape index (κ2) is 6.41. The highest BCUT2D eigenvalue weighted by Crippen LogP contribution is 2.27. The van der Waals surface area contributed by atoms with Crippen LogP contribution >= 0.6 is 11.6 Å². The zero-order chi connectivity index (χ0) is 16.2. The highest BCUT2D eigenvalue weighted by atomic mass is 35.5. The van der Waals surface area contributed by atoms with Gasteiger partial charge in [0, 0.05) is 29.7 Å². The first-order chi connectivity index (χ1) is 11.1. The van der Waals surface area contributed by atoms with E-state index in [-0.39, 0.29) is 10.7 Å². The van der Waals surface area contributed by atoms with Gasteiger partial charge in [-0.3, -0.25) is 20.2 Å². The predicted molar refractivity (Wildman–Crippen MR) is 85.0 cm³/mol. The van der Waals surface area contributed by atoms with E-state index in [1.165, 1.54) is 12.1 Å². The molecule has 9 heteroatoms. The summed E-state index contributed by atoms with van der Waals surface area (Å²) < 4.78 is 0. The summed E-state index contributed by atoms with van der Waals surface area (Å²) in [5.41, 5.74) is 1.28. The van der Waals surface area contributed by atoms with Crippen molar-refractivity contribution < 1.29 is 4.92 Å². The van der Waals surface area contributed by atoms with Crippen molar-refractivity contribution in [3.8, 4) is 11.4 Å². The number of nitrogens with one attached hydrogen (secondary N) is 2. The van der Waals surface area contributed by atoms with Gasteiger partial charge in [-0.1, -0.05) is 11.6 Å². The lowest BCUT2D eigenvalue weighted by Gasteiger charge is -2.04. The number of benzene rings is 1. The van der Waals surface area contributed by atoms with E-state index >= 15 is 0 Å². The molecule has 0 atom stereocenters. The highest BCUT2D eigenvalue weighted by molar-refractivity contribution is 6.32. The molecule has 1 aromatic carbocycles. The molecule has 0 aliphatic heterocycles. The number of pyridine rings is 1. The molecule has 0 fully saturated rings. The fraction of sp³-hybridized carbons (Fsp3) is 0.0714. The van der Waals surface area contributed by atoms with Crippen molar-refractivity contribution in [2.24, 2.45) is 0 Å². The number of nitrogens with zero attached hydrogens (tertiary/aromatic N) is 4. The summed E-state index contributed by atoms with van der Waals surface area (Å²) in [6, 6.07) is 8.13. The molecule has 0 saturated heterocycles. The van der Waals surface area contributed by atoms with E-state index in [0.29, 0.717) is 23.9 Å². The molecule has 0 unspecified atom stereocenters. The van der Waals surface area contributed by atoms with Crippen molar-refractivity contribution in [2.45, 2.75) is 6.54 Å². The summed E-state index contributed by atoms with van der Waals surface area (Å²) in [6.07, 6.45) is 3.33. The van der Waals surface area contributed by atoms with Gasteiger partial charge in [0.25, 0.3) is 5.69 Å². The van der Waals surface area contributed by atoms with Crippen LogP contribution in [0.15, 0.2) is 42.7 Å². The molecule has 2 heterocycles. The molecule has 2 aromatic heterocycles. The zero-order valence-corrected chi connectivity index (χ0v) is 12.5. The molecule has 0 bridgehead atoms. The van der Waals surface area contributed by atoms with Crippen LogP contribution in [0.25, 0.3) is 11.4 Å². The first kappa shape index (κ1) is 14.9. The van der Waals surface area contributed by atoms with E-state index in [1.807, 2.05) is 12.1 Å². The van der Waals surface area contributed by atoms with Crippen LogP contribution in [0.2, 0.25) is 5.02 Å². The third-order valence-corrected chi connectivity index (χ3v) is 3.39. The average Bonchev–Trinajstić information content (AvgIpc) is 3.03. The standard InChI is InChI=1S/C14H11ClN6O2/c15-11-2-1-10(7-12(11)21(22)23)17-8-13-18-14(20-19-13)9-3-5-16-6-4-9/h1-7,17H,8H2,(H,18,19,20). The van der Waals surface area contributed by atoms with Gasteiger partial charge in [-0.25, -0.2) is 4.98 Å². The Morgan fingerprint density at radius 1 is 1.26 bits per heavy atom. The molecule has 0 spiro atoms. The van der Waals surface area contributed by atoms with E-state index in [0.717, 1.165) is 5.56 Å². The van der Waals surface area contributed by atoms with Crippen LogP contribution in [0.1, 0.15) is 5.82 Å². The molecule has 2 N–H and O–H groups in total. The third-order valence-electron chi connectivity index (χ3n) is 3.07. The lowest BCUT2D eigenvalue weighted by Crippen LogP contribution is -2.02. The molecule has 8 nitrogen and oxygen atoms in total. The highest BCUT2D eigenvalue weighted by Gasteiger charge is 2.13. The van der Waals surface area contributed by atoms with Crippen LogP contribution in [0.4, 0.5) is 11.4 Å². The monoisotopic (exact) mass is 330 g/mol. The van der Waals surface area contributed by atoms with Gasteiger partial charge in [0.1, 0.15) is 10.8 Å². The number of anilines is 1. The van der Waals surface area contributed by atoms with E-state index in [1.54, 1.807) is 18.5 Å². The molecule has 0 amide bonds. The normalized spacial score (nSPS) is 10.5. The Morgan fingerprint density at radius 3 is 2.78 bits per heavy atom. The summed E-state index contributed by atoms with van der Waals surface area (Å²) in [5, 5.41) is 20.9.